The molecule has 0 spiro atoms. The van der Waals surface area contributed by atoms with Crippen LogP contribution in [0.25, 0.3) is 5.57 Å². The smallest absolute Gasteiger partial charge is 0.107 e. The van der Waals surface area contributed by atoms with Gasteiger partial charge in [-0.15, -0.1) is 0 Å². The summed E-state index contributed by atoms with van der Waals surface area (Å²) in [5, 5.41) is 0. The van der Waals surface area contributed by atoms with Gasteiger partial charge in [0.15, 0.2) is 0 Å². The zero-order valence-corrected chi connectivity index (χ0v) is 16.6. The van der Waals surface area contributed by atoms with E-state index in [0.29, 0.717) is 6.04 Å². The van der Waals surface area contributed by atoms with Gasteiger partial charge >= 0.3 is 0 Å². The predicted octanol–water partition coefficient (Wildman–Crippen LogP) is 5.79. The first-order valence-electron chi connectivity index (χ1n) is 9.89. The van der Waals surface area contributed by atoms with Crippen LogP contribution in [-0.2, 0) is 0 Å². The lowest BCUT2D eigenvalue weighted by Gasteiger charge is -2.41. The van der Waals surface area contributed by atoms with Crippen molar-refractivity contribution >= 4 is 14.5 Å². The standard InChI is InChI=1S/C23H29NSi/c1-25(2)24(19-13-7-4-8-14-19)23-17-22(18-11-5-3-6-12-18)20-15-9-10-16-21(20)23/h3,5-6,9-12,15-17,19,23,25H,4,7-8,13-14H2,1-2H3. The molecule has 0 aliphatic heterocycles. The van der Waals surface area contributed by atoms with Crippen molar-refractivity contribution in [2.45, 2.75) is 57.3 Å². The molecule has 2 aliphatic carbocycles. The third-order valence-corrected chi connectivity index (χ3v) is 7.83. The minimum absolute atomic E-state index is 0.473. The summed E-state index contributed by atoms with van der Waals surface area (Å²) < 4.78 is 2.92. The van der Waals surface area contributed by atoms with Gasteiger partial charge in [-0.1, -0.05) is 93.0 Å². The maximum absolute atomic E-state index is 2.92. The van der Waals surface area contributed by atoms with Crippen LogP contribution in [0.3, 0.4) is 0 Å². The van der Waals surface area contributed by atoms with Gasteiger partial charge in [-0.3, -0.25) is 0 Å². The Morgan fingerprint density at radius 1 is 0.840 bits per heavy atom. The van der Waals surface area contributed by atoms with E-state index in [1.165, 1.54) is 54.4 Å². The van der Waals surface area contributed by atoms with E-state index < -0.39 is 8.96 Å². The Hall–Kier alpha value is -1.64. The molecule has 2 aromatic rings. The fraction of sp³-hybridized carbons (Fsp3) is 0.391. The predicted molar refractivity (Wildman–Crippen MR) is 110 cm³/mol. The molecule has 130 valence electrons. The van der Waals surface area contributed by atoms with E-state index in [0.717, 1.165) is 6.04 Å². The lowest BCUT2D eigenvalue weighted by Crippen LogP contribution is -2.45. The monoisotopic (exact) mass is 347 g/mol. The first kappa shape index (κ1) is 16.8. The van der Waals surface area contributed by atoms with Crippen LogP contribution in [0.2, 0.25) is 13.1 Å². The van der Waals surface area contributed by atoms with Crippen LogP contribution < -0.4 is 0 Å². The highest BCUT2D eigenvalue weighted by atomic mass is 28.3. The molecule has 4 rings (SSSR count). The topological polar surface area (TPSA) is 3.24 Å². The van der Waals surface area contributed by atoms with E-state index in [1.54, 1.807) is 0 Å². The molecule has 1 atom stereocenters. The summed E-state index contributed by atoms with van der Waals surface area (Å²) in [6, 6.07) is 21.3. The summed E-state index contributed by atoms with van der Waals surface area (Å²) in [6.07, 6.45) is 9.58. The maximum Gasteiger partial charge on any atom is 0.107 e. The third-order valence-electron chi connectivity index (χ3n) is 5.89. The van der Waals surface area contributed by atoms with Crippen LogP contribution in [0, 0.1) is 0 Å². The van der Waals surface area contributed by atoms with Crippen molar-refractivity contribution in [3.8, 4) is 0 Å². The molecule has 0 bridgehead atoms. The lowest BCUT2D eigenvalue weighted by molar-refractivity contribution is 0.225. The molecule has 0 N–H and O–H groups in total. The molecule has 25 heavy (non-hydrogen) atoms. The number of rotatable bonds is 4. The normalized spacial score (nSPS) is 20.8. The van der Waals surface area contributed by atoms with Gasteiger partial charge < -0.3 is 4.57 Å². The Kier molecular flexibility index (Phi) is 4.91. The number of benzene rings is 2. The third kappa shape index (κ3) is 3.25. The van der Waals surface area contributed by atoms with Crippen molar-refractivity contribution in [3.63, 3.8) is 0 Å². The number of hydrogen-bond acceptors (Lipinski definition) is 1. The Bertz CT molecular complexity index is 744. The number of fused-ring (bicyclic) bond motifs is 1. The van der Waals surface area contributed by atoms with Gasteiger partial charge in [0.2, 0.25) is 0 Å². The van der Waals surface area contributed by atoms with E-state index in [4.69, 9.17) is 0 Å². The van der Waals surface area contributed by atoms with E-state index >= 15 is 0 Å². The van der Waals surface area contributed by atoms with Crippen LogP contribution >= 0.6 is 0 Å². The highest BCUT2D eigenvalue weighted by molar-refractivity contribution is 6.52. The summed E-state index contributed by atoms with van der Waals surface area (Å²) in [5.41, 5.74) is 5.74. The van der Waals surface area contributed by atoms with E-state index in [9.17, 15) is 0 Å². The largest absolute Gasteiger partial charge is 0.314 e. The van der Waals surface area contributed by atoms with Crippen molar-refractivity contribution in [1.82, 2.24) is 4.57 Å². The molecular formula is C23H29NSi. The van der Waals surface area contributed by atoms with Gasteiger partial charge in [-0.05, 0) is 35.1 Å². The molecule has 0 amide bonds. The van der Waals surface area contributed by atoms with Gasteiger partial charge in [-0.2, -0.15) is 0 Å². The maximum atomic E-state index is 2.92. The van der Waals surface area contributed by atoms with Crippen molar-refractivity contribution in [2.24, 2.45) is 0 Å². The molecule has 2 aliphatic rings. The SMILES string of the molecule is C[SiH](C)N(C1CCCCC1)C1C=C(c2ccccc2)c2ccccc21. The molecular weight excluding hydrogens is 318 g/mol. The molecule has 0 saturated heterocycles. The highest BCUT2D eigenvalue weighted by Gasteiger charge is 2.34. The molecule has 1 unspecified atom stereocenters. The molecule has 1 saturated carbocycles. The Balaban J connectivity index is 1.76. The fourth-order valence-corrected chi connectivity index (χ4v) is 6.83. The van der Waals surface area contributed by atoms with Crippen LogP contribution in [0.5, 0.6) is 0 Å². The van der Waals surface area contributed by atoms with Crippen LogP contribution in [0.15, 0.2) is 60.7 Å². The summed E-state index contributed by atoms with van der Waals surface area (Å²) in [4.78, 5) is 0. The Morgan fingerprint density at radius 3 is 2.24 bits per heavy atom. The zero-order chi connectivity index (χ0) is 17.2. The average molecular weight is 348 g/mol. The van der Waals surface area contributed by atoms with Crippen molar-refractivity contribution in [2.75, 3.05) is 0 Å². The zero-order valence-electron chi connectivity index (χ0n) is 15.5. The summed E-state index contributed by atoms with van der Waals surface area (Å²) in [7, 11) is -0.903. The second kappa shape index (κ2) is 7.31. The van der Waals surface area contributed by atoms with Gasteiger partial charge in [0.1, 0.15) is 8.96 Å². The van der Waals surface area contributed by atoms with Crippen LogP contribution in [0.1, 0.15) is 54.8 Å². The number of hydrogen-bond donors (Lipinski definition) is 0. The Labute approximate surface area is 154 Å². The minimum Gasteiger partial charge on any atom is -0.314 e. The van der Waals surface area contributed by atoms with Crippen LogP contribution in [0.4, 0.5) is 0 Å². The summed E-state index contributed by atoms with van der Waals surface area (Å²) >= 11 is 0. The van der Waals surface area contributed by atoms with Gasteiger partial charge in [0.25, 0.3) is 0 Å². The molecule has 2 heteroatoms. The fourth-order valence-electron chi connectivity index (χ4n) is 4.80. The van der Waals surface area contributed by atoms with E-state index in [1.807, 2.05) is 0 Å². The van der Waals surface area contributed by atoms with Crippen molar-refractivity contribution < 1.29 is 0 Å². The van der Waals surface area contributed by atoms with Crippen molar-refractivity contribution in [3.05, 3.63) is 77.4 Å². The van der Waals surface area contributed by atoms with Gasteiger partial charge in [0, 0.05) is 12.1 Å². The number of nitrogens with zero attached hydrogens (tertiary/aromatic N) is 1. The second-order valence-electron chi connectivity index (χ2n) is 7.81. The first-order chi connectivity index (χ1) is 12.3. The molecule has 1 nitrogen and oxygen atoms in total. The molecule has 1 fully saturated rings. The molecule has 0 heterocycles. The first-order valence-corrected chi connectivity index (χ1v) is 12.7. The van der Waals surface area contributed by atoms with Gasteiger partial charge in [-0.25, -0.2) is 0 Å². The second-order valence-corrected chi connectivity index (χ2v) is 10.6. The molecule has 0 radical (unpaired) electrons. The van der Waals surface area contributed by atoms with E-state index in [2.05, 4.69) is 78.3 Å². The summed E-state index contributed by atoms with van der Waals surface area (Å²) in [5.74, 6) is 0. The van der Waals surface area contributed by atoms with Crippen molar-refractivity contribution in [1.29, 1.82) is 0 Å². The minimum atomic E-state index is -0.903. The highest BCUT2D eigenvalue weighted by Crippen LogP contribution is 2.43. The van der Waals surface area contributed by atoms with Crippen LogP contribution in [-0.4, -0.2) is 19.6 Å². The summed E-state index contributed by atoms with van der Waals surface area (Å²) in [6.45, 7) is 5.01. The van der Waals surface area contributed by atoms with E-state index in [-0.39, 0.29) is 0 Å². The Morgan fingerprint density at radius 2 is 1.52 bits per heavy atom. The molecule has 2 aromatic carbocycles. The quantitative estimate of drug-likeness (QED) is 0.633. The lowest BCUT2D eigenvalue weighted by atomic mass is 9.94. The molecule has 0 aromatic heterocycles. The van der Waals surface area contributed by atoms with Gasteiger partial charge in [0.05, 0.1) is 0 Å². The average Bonchev–Trinajstić information content (AvgIpc) is 3.03.